The minimum atomic E-state index is -0.367. The number of esters is 1. The number of rotatable bonds is 3. The molecule has 0 spiro atoms. The zero-order valence-electron chi connectivity index (χ0n) is 10.3. The molecular formula is C14H9Cl3O2S. The van der Waals surface area contributed by atoms with Crippen LogP contribution in [-0.2, 0) is 4.74 Å². The molecule has 2 aromatic rings. The highest BCUT2D eigenvalue weighted by Crippen LogP contribution is 2.38. The van der Waals surface area contributed by atoms with Crippen LogP contribution >= 0.6 is 46.6 Å². The number of halogens is 3. The molecule has 0 atom stereocenters. The van der Waals surface area contributed by atoms with Gasteiger partial charge in [0.2, 0.25) is 0 Å². The molecule has 0 heterocycles. The van der Waals surface area contributed by atoms with Crippen LogP contribution in [0.2, 0.25) is 15.1 Å². The Labute approximate surface area is 136 Å². The van der Waals surface area contributed by atoms with E-state index in [-0.39, 0.29) is 5.97 Å². The fraction of sp³-hybridized carbons (Fsp3) is 0.0714. The maximum atomic E-state index is 11.3. The van der Waals surface area contributed by atoms with E-state index < -0.39 is 0 Å². The number of carbonyl (C=O) groups is 1. The Bertz CT molecular complexity index is 642. The first-order valence-electron chi connectivity index (χ1n) is 5.52. The van der Waals surface area contributed by atoms with Gasteiger partial charge in [-0.05, 0) is 36.4 Å². The van der Waals surface area contributed by atoms with E-state index in [0.29, 0.717) is 20.6 Å². The lowest BCUT2D eigenvalue weighted by atomic mass is 10.2. The average molecular weight is 348 g/mol. The first-order valence-corrected chi connectivity index (χ1v) is 7.47. The number of hydrogen-bond donors (Lipinski definition) is 0. The van der Waals surface area contributed by atoms with Gasteiger partial charge in [0.25, 0.3) is 0 Å². The van der Waals surface area contributed by atoms with Gasteiger partial charge >= 0.3 is 5.97 Å². The molecule has 0 N–H and O–H groups in total. The van der Waals surface area contributed by atoms with Crippen molar-refractivity contribution in [1.82, 2.24) is 0 Å². The molecule has 20 heavy (non-hydrogen) atoms. The molecule has 2 aromatic carbocycles. The summed E-state index contributed by atoms with van der Waals surface area (Å²) < 4.78 is 4.64. The maximum absolute atomic E-state index is 11.3. The van der Waals surface area contributed by atoms with Crippen molar-refractivity contribution in [2.75, 3.05) is 7.11 Å². The van der Waals surface area contributed by atoms with Gasteiger partial charge in [-0.1, -0.05) is 46.6 Å². The van der Waals surface area contributed by atoms with Crippen molar-refractivity contribution in [3.8, 4) is 0 Å². The lowest BCUT2D eigenvalue weighted by Crippen LogP contribution is -2.00. The van der Waals surface area contributed by atoms with Gasteiger partial charge in [-0.15, -0.1) is 0 Å². The van der Waals surface area contributed by atoms with Crippen molar-refractivity contribution in [3.63, 3.8) is 0 Å². The van der Waals surface area contributed by atoms with Crippen molar-refractivity contribution in [2.45, 2.75) is 9.79 Å². The Morgan fingerprint density at radius 2 is 1.60 bits per heavy atom. The number of carbonyl (C=O) groups excluding carboxylic acids is 1. The topological polar surface area (TPSA) is 26.3 Å². The monoisotopic (exact) mass is 346 g/mol. The van der Waals surface area contributed by atoms with Gasteiger partial charge in [-0.2, -0.15) is 0 Å². The number of benzene rings is 2. The van der Waals surface area contributed by atoms with Crippen LogP contribution in [0.5, 0.6) is 0 Å². The molecule has 0 radical (unpaired) electrons. The summed E-state index contributed by atoms with van der Waals surface area (Å²) in [6.45, 7) is 0. The smallest absolute Gasteiger partial charge is 0.337 e. The molecule has 0 fully saturated rings. The Kier molecular flexibility index (Phi) is 5.22. The summed E-state index contributed by atoms with van der Waals surface area (Å²) in [4.78, 5) is 13.1. The quantitative estimate of drug-likeness (QED) is 0.535. The van der Waals surface area contributed by atoms with Gasteiger partial charge in [-0.25, -0.2) is 4.79 Å². The third kappa shape index (κ3) is 3.61. The van der Waals surface area contributed by atoms with E-state index in [1.807, 2.05) is 12.1 Å². The summed E-state index contributed by atoms with van der Waals surface area (Å²) in [6, 6.07) is 10.3. The first-order chi connectivity index (χ1) is 9.51. The standard InChI is InChI=1S/C14H9Cl3O2S/c1-19-14(18)8-2-4-9(5-3-8)20-13-7-11(16)10(15)6-12(13)17/h2-7H,1H3. The molecule has 2 nitrogen and oxygen atoms in total. The summed E-state index contributed by atoms with van der Waals surface area (Å²) in [7, 11) is 1.35. The van der Waals surface area contributed by atoms with Crippen LogP contribution in [0.25, 0.3) is 0 Å². The van der Waals surface area contributed by atoms with Crippen LogP contribution in [0.15, 0.2) is 46.2 Å². The zero-order valence-corrected chi connectivity index (χ0v) is 13.4. The Morgan fingerprint density at radius 3 is 2.20 bits per heavy atom. The van der Waals surface area contributed by atoms with E-state index >= 15 is 0 Å². The summed E-state index contributed by atoms with van der Waals surface area (Å²) in [5, 5.41) is 1.40. The SMILES string of the molecule is COC(=O)c1ccc(Sc2cc(Cl)c(Cl)cc2Cl)cc1. The van der Waals surface area contributed by atoms with Crippen LogP contribution in [0.3, 0.4) is 0 Å². The van der Waals surface area contributed by atoms with Gasteiger partial charge in [0.1, 0.15) is 0 Å². The highest BCUT2D eigenvalue weighted by Gasteiger charge is 2.09. The normalized spacial score (nSPS) is 10.4. The van der Waals surface area contributed by atoms with E-state index in [4.69, 9.17) is 34.8 Å². The Morgan fingerprint density at radius 1 is 1.00 bits per heavy atom. The van der Waals surface area contributed by atoms with Gasteiger partial charge in [0.05, 0.1) is 27.7 Å². The van der Waals surface area contributed by atoms with Gasteiger partial charge in [-0.3, -0.25) is 0 Å². The van der Waals surface area contributed by atoms with Crippen LogP contribution in [0.1, 0.15) is 10.4 Å². The molecule has 0 aliphatic rings. The Balaban J connectivity index is 2.22. The predicted octanol–water partition coefficient (Wildman–Crippen LogP) is 5.58. The molecule has 0 saturated heterocycles. The van der Waals surface area contributed by atoms with Crippen molar-refractivity contribution >= 4 is 52.5 Å². The van der Waals surface area contributed by atoms with E-state index in [0.717, 1.165) is 9.79 Å². The first kappa shape index (κ1) is 15.5. The molecule has 2 rings (SSSR count). The second kappa shape index (κ2) is 6.72. The van der Waals surface area contributed by atoms with Crippen molar-refractivity contribution in [2.24, 2.45) is 0 Å². The van der Waals surface area contributed by atoms with Crippen molar-refractivity contribution in [3.05, 3.63) is 57.0 Å². The fourth-order valence-electron chi connectivity index (χ4n) is 1.49. The minimum absolute atomic E-state index is 0.367. The second-order valence-electron chi connectivity index (χ2n) is 3.81. The van der Waals surface area contributed by atoms with Crippen molar-refractivity contribution in [1.29, 1.82) is 0 Å². The Hall–Kier alpha value is -0.870. The molecule has 0 aliphatic heterocycles. The van der Waals surface area contributed by atoms with Crippen LogP contribution in [0.4, 0.5) is 0 Å². The average Bonchev–Trinajstić information content (AvgIpc) is 2.44. The molecule has 6 heteroatoms. The fourth-order valence-corrected chi connectivity index (χ4v) is 3.07. The highest BCUT2D eigenvalue weighted by atomic mass is 35.5. The maximum Gasteiger partial charge on any atom is 0.337 e. The highest BCUT2D eigenvalue weighted by molar-refractivity contribution is 7.99. The van der Waals surface area contributed by atoms with Gasteiger partial charge in [0.15, 0.2) is 0 Å². The number of ether oxygens (including phenoxy) is 1. The predicted molar refractivity (Wildman–Crippen MR) is 83.4 cm³/mol. The third-order valence-corrected chi connectivity index (χ3v) is 4.69. The van der Waals surface area contributed by atoms with E-state index in [1.54, 1.807) is 24.3 Å². The number of methoxy groups -OCH3 is 1. The zero-order chi connectivity index (χ0) is 14.7. The summed E-state index contributed by atoms with van der Waals surface area (Å²) in [5.74, 6) is -0.367. The molecule has 0 saturated carbocycles. The van der Waals surface area contributed by atoms with Crippen LogP contribution in [0, 0.1) is 0 Å². The molecular weight excluding hydrogens is 339 g/mol. The van der Waals surface area contributed by atoms with Gasteiger partial charge < -0.3 is 4.74 Å². The minimum Gasteiger partial charge on any atom is -0.465 e. The lowest BCUT2D eigenvalue weighted by molar-refractivity contribution is 0.0600. The van der Waals surface area contributed by atoms with Crippen LogP contribution in [-0.4, -0.2) is 13.1 Å². The molecule has 0 unspecified atom stereocenters. The molecule has 0 bridgehead atoms. The summed E-state index contributed by atoms with van der Waals surface area (Å²) in [5.41, 5.74) is 0.497. The van der Waals surface area contributed by atoms with Crippen molar-refractivity contribution < 1.29 is 9.53 Å². The van der Waals surface area contributed by atoms with Gasteiger partial charge in [0, 0.05) is 9.79 Å². The van der Waals surface area contributed by atoms with Crippen LogP contribution < -0.4 is 0 Å². The second-order valence-corrected chi connectivity index (χ2v) is 6.15. The van der Waals surface area contributed by atoms with E-state index in [1.165, 1.54) is 18.9 Å². The number of hydrogen-bond acceptors (Lipinski definition) is 3. The molecule has 104 valence electrons. The molecule has 0 aromatic heterocycles. The summed E-state index contributed by atoms with van der Waals surface area (Å²) >= 11 is 19.4. The van der Waals surface area contributed by atoms with E-state index in [9.17, 15) is 4.79 Å². The molecule has 0 aliphatic carbocycles. The summed E-state index contributed by atoms with van der Waals surface area (Å²) in [6.07, 6.45) is 0. The third-order valence-electron chi connectivity index (χ3n) is 2.48. The lowest BCUT2D eigenvalue weighted by Gasteiger charge is -2.07. The molecule has 0 amide bonds. The van der Waals surface area contributed by atoms with E-state index in [2.05, 4.69) is 4.74 Å². The largest absolute Gasteiger partial charge is 0.465 e.